The number of carbonyl (C=O) groups excluding carboxylic acids is 1. The number of allylic oxidation sites excluding steroid dienone is 1. The first-order valence-electron chi connectivity index (χ1n) is 9.35. The molecule has 1 amide bonds. The molecule has 28 heavy (non-hydrogen) atoms. The highest BCUT2D eigenvalue weighted by Gasteiger charge is 2.29. The fraction of sp³-hybridized carbons (Fsp3) is 0.400. The summed E-state index contributed by atoms with van der Waals surface area (Å²) in [6.45, 7) is 8.37. The Morgan fingerprint density at radius 3 is 2.79 bits per heavy atom. The van der Waals surface area contributed by atoms with E-state index in [0.717, 1.165) is 30.3 Å². The first kappa shape index (κ1) is 18.5. The molecule has 2 aromatic rings. The van der Waals surface area contributed by atoms with Gasteiger partial charge in [0.1, 0.15) is 0 Å². The third-order valence-corrected chi connectivity index (χ3v) is 4.83. The van der Waals surface area contributed by atoms with Crippen LogP contribution in [0, 0.1) is 5.82 Å². The minimum atomic E-state index is -0.497. The predicted molar refractivity (Wildman–Crippen MR) is 105 cm³/mol. The largest absolute Gasteiger partial charge is 0.488 e. The highest BCUT2D eigenvalue weighted by Crippen LogP contribution is 2.40. The van der Waals surface area contributed by atoms with Gasteiger partial charge in [0.15, 0.2) is 11.6 Å². The molecule has 0 spiro atoms. The van der Waals surface area contributed by atoms with Crippen molar-refractivity contribution in [2.75, 3.05) is 36.5 Å². The number of fused-ring (bicyclic) bond motifs is 1. The van der Waals surface area contributed by atoms with Gasteiger partial charge in [0.25, 0.3) is 5.91 Å². The number of imidazole rings is 1. The van der Waals surface area contributed by atoms with Crippen LogP contribution in [0.5, 0.6) is 5.75 Å². The minimum Gasteiger partial charge on any atom is -0.488 e. The number of H-pyrrole nitrogens is 1. The summed E-state index contributed by atoms with van der Waals surface area (Å²) in [4.78, 5) is 22.4. The Hall–Kier alpha value is -2.87. The lowest BCUT2D eigenvalue weighted by Gasteiger charge is -2.26. The van der Waals surface area contributed by atoms with E-state index in [1.807, 2.05) is 20.8 Å². The van der Waals surface area contributed by atoms with Crippen LogP contribution in [0.4, 0.5) is 16.0 Å². The van der Waals surface area contributed by atoms with Crippen molar-refractivity contribution in [3.8, 4) is 5.75 Å². The topological polar surface area (TPSA) is 79.5 Å². The summed E-state index contributed by atoms with van der Waals surface area (Å²) in [5.74, 6) is 0.118. The van der Waals surface area contributed by atoms with Crippen molar-refractivity contribution >= 4 is 28.7 Å². The zero-order valence-electron chi connectivity index (χ0n) is 16.1. The van der Waals surface area contributed by atoms with E-state index in [1.54, 1.807) is 12.3 Å². The smallest absolute Gasteiger partial charge is 0.256 e. The van der Waals surface area contributed by atoms with Crippen molar-refractivity contribution in [1.29, 1.82) is 0 Å². The number of aromatic amines is 1. The van der Waals surface area contributed by atoms with E-state index < -0.39 is 5.82 Å². The Morgan fingerprint density at radius 2 is 2.07 bits per heavy atom. The zero-order chi connectivity index (χ0) is 19.8. The SMILES string of the molecule is CC(=C1C(=O)Nc2cc(F)c(OC(C)C)cc21)c1cnc(N2CCOCC2)[nH]1. The average molecular weight is 386 g/mol. The van der Waals surface area contributed by atoms with Crippen molar-refractivity contribution in [3.05, 3.63) is 35.4 Å². The van der Waals surface area contributed by atoms with Crippen LogP contribution in [-0.2, 0) is 9.53 Å². The fourth-order valence-corrected chi connectivity index (χ4v) is 3.46. The second kappa shape index (κ2) is 7.27. The van der Waals surface area contributed by atoms with Crippen LogP contribution in [0.25, 0.3) is 11.1 Å². The van der Waals surface area contributed by atoms with E-state index in [4.69, 9.17) is 9.47 Å². The molecule has 0 saturated carbocycles. The van der Waals surface area contributed by atoms with Crippen molar-refractivity contribution in [2.45, 2.75) is 26.9 Å². The quantitative estimate of drug-likeness (QED) is 0.790. The third kappa shape index (κ3) is 3.35. The van der Waals surface area contributed by atoms with Crippen LogP contribution in [0.1, 0.15) is 32.0 Å². The maximum atomic E-state index is 14.3. The van der Waals surface area contributed by atoms with Gasteiger partial charge in [-0.3, -0.25) is 4.79 Å². The van der Waals surface area contributed by atoms with E-state index >= 15 is 0 Å². The number of amides is 1. The molecule has 1 fully saturated rings. The van der Waals surface area contributed by atoms with Crippen LogP contribution in [-0.4, -0.2) is 48.3 Å². The monoisotopic (exact) mass is 386 g/mol. The molecule has 2 aliphatic rings. The van der Waals surface area contributed by atoms with Crippen molar-refractivity contribution < 1.29 is 18.7 Å². The number of nitrogens with one attached hydrogen (secondary N) is 2. The van der Waals surface area contributed by atoms with E-state index in [0.29, 0.717) is 30.0 Å². The molecule has 2 aliphatic heterocycles. The Bertz CT molecular complexity index is 945. The molecule has 0 atom stereocenters. The number of nitrogens with zero attached hydrogens (tertiary/aromatic N) is 2. The second-order valence-corrected chi connectivity index (χ2v) is 7.17. The van der Waals surface area contributed by atoms with Gasteiger partial charge in [-0.25, -0.2) is 9.37 Å². The van der Waals surface area contributed by atoms with Crippen LogP contribution in [0.2, 0.25) is 0 Å². The molecule has 148 valence electrons. The standard InChI is InChI=1S/C20H23FN4O3/c1-11(2)28-17-8-13-15(9-14(17)21)23-19(26)18(13)12(3)16-10-22-20(24-16)25-4-6-27-7-5-25/h8-11H,4-7H2,1-3H3,(H,22,24)(H,23,26). The lowest BCUT2D eigenvalue weighted by atomic mass is 10.00. The lowest BCUT2D eigenvalue weighted by Crippen LogP contribution is -2.36. The second-order valence-electron chi connectivity index (χ2n) is 7.17. The molecule has 1 aromatic heterocycles. The first-order valence-corrected chi connectivity index (χ1v) is 9.35. The molecule has 3 heterocycles. The van der Waals surface area contributed by atoms with E-state index in [-0.39, 0.29) is 17.8 Å². The molecule has 1 saturated heterocycles. The summed E-state index contributed by atoms with van der Waals surface area (Å²) >= 11 is 0. The van der Waals surface area contributed by atoms with Crippen molar-refractivity contribution in [1.82, 2.24) is 9.97 Å². The number of aromatic nitrogens is 2. The van der Waals surface area contributed by atoms with Crippen LogP contribution >= 0.6 is 0 Å². The number of hydrogen-bond donors (Lipinski definition) is 2. The van der Waals surface area contributed by atoms with Gasteiger partial charge in [0, 0.05) is 24.7 Å². The van der Waals surface area contributed by atoms with Crippen molar-refractivity contribution in [3.63, 3.8) is 0 Å². The van der Waals surface area contributed by atoms with Gasteiger partial charge in [0.05, 0.1) is 42.5 Å². The third-order valence-electron chi connectivity index (χ3n) is 4.83. The number of hydrogen-bond acceptors (Lipinski definition) is 5. The van der Waals surface area contributed by atoms with E-state index in [1.165, 1.54) is 6.07 Å². The summed E-state index contributed by atoms with van der Waals surface area (Å²) in [6, 6.07) is 2.89. The number of morpholine rings is 1. The molecule has 7 nitrogen and oxygen atoms in total. The van der Waals surface area contributed by atoms with Gasteiger partial charge in [-0.2, -0.15) is 0 Å². The molecular formula is C20H23FN4O3. The molecule has 0 aliphatic carbocycles. The Labute approximate surface area is 162 Å². The highest BCUT2D eigenvalue weighted by atomic mass is 19.1. The molecule has 0 radical (unpaired) electrons. The molecular weight excluding hydrogens is 363 g/mol. The number of rotatable bonds is 4. The first-order chi connectivity index (χ1) is 13.4. The maximum absolute atomic E-state index is 14.3. The Morgan fingerprint density at radius 1 is 1.32 bits per heavy atom. The summed E-state index contributed by atoms with van der Waals surface area (Å²) < 4.78 is 25.2. The molecule has 0 bridgehead atoms. The van der Waals surface area contributed by atoms with Crippen molar-refractivity contribution in [2.24, 2.45) is 0 Å². The summed E-state index contributed by atoms with van der Waals surface area (Å²) in [7, 11) is 0. The van der Waals surface area contributed by atoms with Crippen LogP contribution < -0.4 is 15.0 Å². The number of ether oxygens (including phenoxy) is 2. The van der Waals surface area contributed by atoms with Gasteiger partial charge in [-0.15, -0.1) is 0 Å². The van der Waals surface area contributed by atoms with Gasteiger partial charge in [-0.1, -0.05) is 0 Å². The lowest BCUT2D eigenvalue weighted by molar-refractivity contribution is -0.110. The van der Waals surface area contributed by atoms with Gasteiger partial charge < -0.3 is 24.7 Å². The summed E-state index contributed by atoms with van der Waals surface area (Å²) in [5.41, 5.74) is 3.05. The highest BCUT2D eigenvalue weighted by molar-refractivity contribution is 6.36. The predicted octanol–water partition coefficient (Wildman–Crippen LogP) is 3.06. The van der Waals surface area contributed by atoms with Gasteiger partial charge >= 0.3 is 0 Å². The molecule has 8 heteroatoms. The number of halogens is 1. The normalized spacial score (nSPS) is 18.3. The Kier molecular flexibility index (Phi) is 4.80. The fourth-order valence-electron chi connectivity index (χ4n) is 3.46. The van der Waals surface area contributed by atoms with Gasteiger partial charge in [-0.05, 0) is 32.4 Å². The zero-order valence-corrected chi connectivity index (χ0v) is 16.1. The van der Waals surface area contributed by atoms with E-state index in [2.05, 4.69) is 20.2 Å². The van der Waals surface area contributed by atoms with Crippen LogP contribution in [0.3, 0.4) is 0 Å². The number of carbonyl (C=O) groups is 1. The molecule has 1 aromatic carbocycles. The molecule has 2 N–H and O–H groups in total. The molecule has 0 unspecified atom stereocenters. The van der Waals surface area contributed by atoms with Gasteiger partial charge in [0.2, 0.25) is 5.95 Å². The van der Waals surface area contributed by atoms with Crippen LogP contribution in [0.15, 0.2) is 18.3 Å². The number of anilines is 2. The maximum Gasteiger partial charge on any atom is 0.256 e. The number of benzene rings is 1. The Balaban J connectivity index is 1.71. The molecule has 4 rings (SSSR count). The average Bonchev–Trinajstić information content (AvgIpc) is 3.26. The minimum absolute atomic E-state index is 0.133. The van der Waals surface area contributed by atoms with E-state index in [9.17, 15) is 9.18 Å². The summed E-state index contributed by atoms with van der Waals surface area (Å²) in [6.07, 6.45) is 1.54. The summed E-state index contributed by atoms with van der Waals surface area (Å²) in [5, 5.41) is 2.74.